The second kappa shape index (κ2) is 8.25. The topological polar surface area (TPSA) is 112 Å². The molecular weight excluding hydrogens is 420 g/mol. The molecule has 1 N–H and O–H groups in total. The molecule has 4 aromatic rings. The van der Waals surface area contributed by atoms with Crippen molar-refractivity contribution in [3.63, 3.8) is 0 Å². The van der Waals surface area contributed by atoms with Gasteiger partial charge in [-0.25, -0.2) is 8.78 Å². The molecule has 0 bridgehead atoms. The van der Waals surface area contributed by atoms with Gasteiger partial charge in [0.1, 0.15) is 11.6 Å². The van der Waals surface area contributed by atoms with Crippen molar-refractivity contribution < 1.29 is 18.1 Å². The number of hydrogen-bond donors (Lipinski definition) is 1. The van der Waals surface area contributed by atoms with Crippen LogP contribution in [0.25, 0.3) is 11.3 Å². The number of carbonyl (C=O) groups is 1. The van der Waals surface area contributed by atoms with Crippen LogP contribution in [0, 0.1) is 18.6 Å². The van der Waals surface area contributed by atoms with Gasteiger partial charge in [-0.05, 0) is 43.3 Å². The van der Waals surface area contributed by atoms with Crippen molar-refractivity contribution in [3.8, 4) is 11.3 Å². The number of aryl methyl sites for hydroxylation is 2. The van der Waals surface area contributed by atoms with E-state index >= 15 is 0 Å². The second-order valence-electron chi connectivity index (χ2n) is 7.48. The molecule has 1 unspecified atom stereocenters. The molecule has 0 aliphatic rings. The number of carbonyl (C=O) groups excluding carboxylic acids is 1. The first kappa shape index (κ1) is 21.2. The molecule has 0 fully saturated rings. The van der Waals surface area contributed by atoms with Crippen LogP contribution in [0.5, 0.6) is 0 Å². The van der Waals surface area contributed by atoms with E-state index in [2.05, 4.69) is 30.9 Å². The Hall–Kier alpha value is -4.02. The van der Waals surface area contributed by atoms with Crippen LogP contribution in [-0.2, 0) is 12.5 Å². The molecule has 4 rings (SSSR count). The van der Waals surface area contributed by atoms with Gasteiger partial charge >= 0.3 is 0 Å². The lowest BCUT2D eigenvalue weighted by molar-refractivity contribution is 0.0937. The normalized spacial score (nSPS) is 13.0. The van der Waals surface area contributed by atoms with Crippen LogP contribution in [-0.4, -0.2) is 42.8 Å². The number of nitrogens with zero attached hydrogens (tertiary/aromatic N) is 6. The Morgan fingerprint density at radius 2 is 2.03 bits per heavy atom. The molecule has 0 aliphatic carbocycles. The molecule has 3 aromatic heterocycles. The number of benzene rings is 1. The Morgan fingerprint density at radius 3 is 2.72 bits per heavy atom. The van der Waals surface area contributed by atoms with Crippen LogP contribution in [0.4, 0.5) is 8.78 Å². The predicted octanol–water partition coefficient (Wildman–Crippen LogP) is 2.58. The molecule has 9 nitrogen and oxygen atoms in total. The molecule has 0 aliphatic heterocycles. The number of amides is 1. The number of tetrazole rings is 1. The summed E-state index contributed by atoms with van der Waals surface area (Å²) in [6.45, 7) is 3.79. The third-order valence-corrected chi connectivity index (χ3v) is 5.00. The van der Waals surface area contributed by atoms with Crippen molar-refractivity contribution in [1.29, 1.82) is 0 Å². The van der Waals surface area contributed by atoms with Gasteiger partial charge in [0.15, 0.2) is 17.3 Å². The van der Waals surface area contributed by atoms with Gasteiger partial charge in [0, 0.05) is 24.4 Å². The van der Waals surface area contributed by atoms with E-state index in [0.29, 0.717) is 11.5 Å². The van der Waals surface area contributed by atoms with Gasteiger partial charge in [0.05, 0.1) is 23.7 Å². The molecule has 0 saturated carbocycles. The lowest BCUT2D eigenvalue weighted by atomic mass is 9.85. The molecule has 1 aromatic carbocycles. The molecule has 11 heteroatoms. The molecule has 1 atom stereocenters. The van der Waals surface area contributed by atoms with E-state index in [1.165, 1.54) is 16.9 Å². The summed E-state index contributed by atoms with van der Waals surface area (Å²) < 4.78 is 32.2. The molecule has 1 amide bonds. The zero-order valence-electron chi connectivity index (χ0n) is 17.5. The fraction of sp³-hybridized carbons (Fsp3) is 0.238. The standard InChI is InChI=1S/C21H19F2N7O2/c1-12-5-4-6-18(25-12)21(2,20-26-29-30(3)27-20)11-24-19(31)16-10-17(32-28-16)14-8-7-13(22)9-15(14)23/h4-10H,11H2,1-3H3,(H,24,31). The Kier molecular flexibility index (Phi) is 5.47. The Labute approximate surface area is 181 Å². The summed E-state index contributed by atoms with van der Waals surface area (Å²) in [5, 5.41) is 18.8. The van der Waals surface area contributed by atoms with Crippen LogP contribution >= 0.6 is 0 Å². The summed E-state index contributed by atoms with van der Waals surface area (Å²) >= 11 is 0. The molecule has 3 heterocycles. The van der Waals surface area contributed by atoms with E-state index in [1.807, 2.05) is 32.0 Å². The first-order valence-corrected chi connectivity index (χ1v) is 9.65. The Balaban J connectivity index is 1.58. The SMILES string of the molecule is Cc1cccc(C(C)(CNC(=O)c2cc(-c3ccc(F)cc3F)on2)c2nnn(C)n2)n1. The van der Waals surface area contributed by atoms with Gasteiger partial charge in [0.25, 0.3) is 5.91 Å². The average molecular weight is 439 g/mol. The van der Waals surface area contributed by atoms with Gasteiger partial charge in [-0.2, -0.15) is 4.80 Å². The summed E-state index contributed by atoms with van der Waals surface area (Å²) in [6, 6.07) is 9.86. The highest BCUT2D eigenvalue weighted by atomic mass is 19.1. The van der Waals surface area contributed by atoms with Crippen molar-refractivity contribution in [2.45, 2.75) is 19.3 Å². The van der Waals surface area contributed by atoms with Gasteiger partial charge in [-0.3, -0.25) is 9.78 Å². The van der Waals surface area contributed by atoms with E-state index in [4.69, 9.17) is 4.52 Å². The van der Waals surface area contributed by atoms with E-state index in [1.54, 1.807) is 7.05 Å². The summed E-state index contributed by atoms with van der Waals surface area (Å²) in [7, 11) is 1.64. The highest BCUT2D eigenvalue weighted by Crippen LogP contribution is 2.28. The zero-order valence-corrected chi connectivity index (χ0v) is 17.5. The Bertz CT molecular complexity index is 1290. The summed E-state index contributed by atoms with van der Waals surface area (Å²) in [6.07, 6.45) is 0. The highest BCUT2D eigenvalue weighted by molar-refractivity contribution is 5.93. The van der Waals surface area contributed by atoms with Gasteiger partial charge in [-0.15, -0.1) is 10.2 Å². The fourth-order valence-electron chi connectivity index (χ4n) is 3.19. The summed E-state index contributed by atoms with van der Waals surface area (Å²) in [5.74, 6) is -1.70. The maximum atomic E-state index is 14.0. The second-order valence-corrected chi connectivity index (χ2v) is 7.48. The van der Waals surface area contributed by atoms with Crippen LogP contribution in [0.3, 0.4) is 0 Å². The van der Waals surface area contributed by atoms with E-state index < -0.39 is 23.0 Å². The van der Waals surface area contributed by atoms with E-state index in [9.17, 15) is 13.6 Å². The molecule has 0 saturated heterocycles. The number of aromatic nitrogens is 6. The van der Waals surface area contributed by atoms with Crippen molar-refractivity contribution >= 4 is 5.91 Å². The van der Waals surface area contributed by atoms with Crippen molar-refractivity contribution in [3.05, 3.63) is 77.0 Å². The van der Waals surface area contributed by atoms with Crippen LogP contribution in [0.15, 0.2) is 47.0 Å². The van der Waals surface area contributed by atoms with Crippen molar-refractivity contribution in [2.75, 3.05) is 6.54 Å². The molecule has 0 spiro atoms. The quantitative estimate of drug-likeness (QED) is 0.491. The largest absolute Gasteiger partial charge is 0.355 e. The predicted molar refractivity (Wildman–Crippen MR) is 108 cm³/mol. The Morgan fingerprint density at radius 1 is 1.22 bits per heavy atom. The smallest absolute Gasteiger partial charge is 0.273 e. The lowest BCUT2D eigenvalue weighted by Crippen LogP contribution is -2.41. The molecule has 0 radical (unpaired) electrons. The van der Waals surface area contributed by atoms with Crippen molar-refractivity contribution in [1.82, 2.24) is 35.7 Å². The third-order valence-electron chi connectivity index (χ3n) is 5.00. The minimum atomic E-state index is -0.883. The van der Waals surface area contributed by atoms with E-state index in [0.717, 1.165) is 17.8 Å². The number of halogens is 2. The highest BCUT2D eigenvalue weighted by Gasteiger charge is 2.36. The zero-order chi connectivity index (χ0) is 22.9. The lowest BCUT2D eigenvalue weighted by Gasteiger charge is -2.26. The maximum Gasteiger partial charge on any atom is 0.273 e. The fourth-order valence-corrected chi connectivity index (χ4v) is 3.19. The number of hydrogen-bond acceptors (Lipinski definition) is 7. The number of rotatable bonds is 6. The van der Waals surface area contributed by atoms with Crippen LogP contribution < -0.4 is 5.32 Å². The maximum absolute atomic E-state index is 14.0. The minimum Gasteiger partial charge on any atom is -0.355 e. The molecule has 164 valence electrons. The average Bonchev–Trinajstić information content (AvgIpc) is 3.41. The first-order chi connectivity index (χ1) is 15.3. The minimum absolute atomic E-state index is 0.00416. The molecular formula is C21H19F2N7O2. The number of nitrogens with one attached hydrogen (secondary N) is 1. The van der Waals surface area contributed by atoms with Crippen LogP contribution in [0.2, 0.25) is 0 Å². The number of pyridine rings is 1. The van der Waals surface area contributed by atoms with Gasteiger partial charge < -0.3 is 9.84 Å². The van der Waals surface area contributed by atoms with Crippen LogP contribution in [0.1, 0.15) is 34.6 Å². The monoisotopic (exact) mass is 439 g/mol. The van der Waals surface area contributed by atoms with E-state index in [-0.39, 0.29) is 23.6 Å². The van der Waals surface area contributed by atoms with Gasteiger partial charge in [0.2, 0.25) is 0 Å². The molecule has 32 heavy (non-hydrogen) atoms. The van der Waals surface area contributed by atoms with Gasteiger partial charge in [-0.1, -0.05) is 11.2 Å². The summed E-state index contributed by atoms with van der Waals surface area (Å²) in [4.78, 5) is 18.6. The first-order valence-electron chi connectivity index (χ1n) is 9.65. The van der Waals surface area contributed by atoms with Crippen molar-refractivity contribution in [2.24, 2.45) is 7.05 Å². The third kappa shape index (κ3) is 4.09. The summed E-state index contributed by atoms with van der Waals surface area (Å²) in [5.41, 5.74) is 0.503.